The van der Waals surface area contributed by atoms with Crippen molar-refractivity contribution in [2.75, 3.05) is 5.75 Å². The van der Waals surface area contributed by atoms with Crippen LogP contribution in [-0.4, -0.2) is 32.6 Å². The highest BCUT2D eigenvalue weighted by molar-refractivity contribution is 7.99. The summed E-state index contributed by atoms with van der Waals surface area (Å²) in [5.41, 5.74) is 4.95. The van der Waals surface area contributed by atoms with Crippen LogP contribution in [0.4, 0.5) is 0 Å². The average Bonchev–Trinajstić information content (AvgIpc) is 3.23. The standard InChI is InChI=1S/C23H16Cl3N5OS/c24-17-6-4-16(5-7-17)22-29-30-23(31(22)20-10-8-18(25)9-11-20)33-14-21(32)28-27-13-15-2-1-3-19(26)12-15/h1-13H,14H2,(H,28,32)/b27-13+. The molecule has 33 heavy (non-hydrogen) atoms. The van der Waals surface area contributed by atoms with Gasteiger partial charge in [-0.05, 0) is 66.2 Å². The SMILES string of the molecule is O=C(CSc1nnc(-c2ccc(Cl)cc2)n1-c1ccc(Cl)cc1)N/N=C/c1cccc(Cl)c1. The molecule has 6 nitrogen and oxygen atoms in total. The van der Waals surface area contributed by atoms with E-state index >= 15 is 0 Å². The van der Waals surface area contributed by atoms with Crippen LogP contribution in [0.25, 0.3) is 17.1 Å². The van der Waals surface area contributed by atoms with Crippen LogP contribution < -0.4 is 5.43 Å². The number of hydrogen-bond acceptors (Lipinski definition) is 5. The van der Waals surface area contributed by atoms with E-state index in [2.05, 4.69) is 20.7 Å². The third-order valence-corrected chi connectivity index (χ3v) is 6.07. The zero-order valence-electron chi connectivity index (χ0n) is 17.0. The lowest BCUT2D eigenvalue weighted by Gasteiger charge is -2.10. The fourth-order valence-electron chi connectivity index (χ4n) is 2.90. The van der Waals surface area contributed by atoms with Crippen LogP contribution in [0.3, 0.4) is 0 Å². The Kier molecular flexibility index (Phi) is 7.67. The van der Waals surface area contributed by atoms with Gasteiger partial charge in [-0.2, -0.15) is 5.10 Å². The van der Waals surface area contributed by atoms with Gasteiger partial charge in [-0.1, -0.05) is 58.7 Å². The van der Waals surface area contributed by atoms with Crippen molar-refractivity contribution in [1.29, 1.82) is 0 Å². The number of amides is 1. The molecule has 1 N–H and O–H groups in total. The molecule has 10 heteroatoms. The summed E-state index contributed by atoms with van der Waals surface area (Å²) < 4.78 is 1.87. The van der Waals surface area contributed by atoms with E-state index in [0.29, 0.717) is 26.0 Å². The maximum Gasteiger partial charge on any atom is 0.250 e. The van der Waals surface area contributed by atoms with Crippen LogP contribution in [0.2, 0.25) is 15.1 Å². The maximum atomic E-state index is 12.3. The molecule has 0 fully saturated rings. The molecule has 0 bridgehead atoms. The molecule has 1 aromatic heterocycles. The smallest absolute Gasteiger partial charge is 0.250 e. The summed E-state index contributed by atoms with van der Waals surface area (Å²) in [6.45, 7) is 0. The second-order valence-electron chi connectivity index (χ2n) is 6.76. The number of nitrogens with zero attached hydrogens (tertiary/aromatic N) is 4. The first-order chi connectivity index (χ1) is 16.0. The quantitative estimate of drug-likeness (QED) is 0.182. The van der Waals surface area contributed by atoms with Gasteiger partial charge in [0.15, 0.2) is 11.0 Å². The molecular weight excluding hydrogens is 501 g/mol. The van der Waals surface area contributed by atoms with E-state index in [1.165, 1.54) is 18.0 Å². The molecule has 166 valence electrons. The Labute approximate surface area is 209 Å². The summed E-state index contributed by atoms with van der Waals surface area (Å²) in [7, 11) is 0. The third-order valence-electron chi connectivity index (χ3n) is 4.40. The first kappa shape index (κ1) is 23.3. The largest absolute Gasteiger partial charge is 0.272 e. The summed E-state index contributed by atoms with van der Waals surface area (Å²) in [6.07, 6.45) is 1.53. The van der Waals surface area contributed by atoms with Crippen molar-refractivity contribution < 1.29 is 4.79 Å². The number of aromatic nitrogens is 3. The van der Waals surface area contributed by atoms with E-state index < -0.39 is 0 Å². The Morgan fingerprint density at radius 3 is 2.33 bits per heavy atom. The zero-order valence-corrected chi connectivity index (χ0v) is 20.0. The average molecular weight is 517 g/mol. The second-order valence-corrected chi connectivity index (χ2v) is 9.01. The molecule has 0 aliphatic rings. The molecule has 0 saturated carbocycles. The second kappa shape index (κ2) is 10.9. The van der Waals surface area contributed by atoms with Crippen LogP contribution in [0.1, 0.15) is 5.56 Å². The van der Waals surface area contributed by atoms with E-state index in [4.69, 9.17) is 34.8 Å². The lowest BCUT2D eigenvalue weighted by molar-refractivity contribution is -0.118. The van der Waals surface area contributed by atoms with Gasteiger partial charge in [0.2, 0.25) is 0 Å². The van der Waals surface area contributed by atoms with E-state index in [0.717, 1.165) is 16.8 Å². The van der Waals surface area contributed by atoms with E-state index in [1.807, 2.05) is 41.0 Å². The van der Waals surface area contributed by atoms with Gasteiger partial charge in [-0.25, -0.2) is 5.43 Å². The minimum atomic E-state index is -0.281. The zero-order chi connectivity index (χ0) is 23.2. The number of hydrazone groups is 1. The van der Waals surface area contributed by atoms with Gasteiger partial charge in [0.05, 0.1) is 12.0 Å². The maximum absolute atomic E-state index is 12.3. The number of nitrogens with one attached hydrogen (secondary N) is 1. The van der Waals surface area contributed by atoms with Crippen molar-refractivity contribution in [1.82, 2.24) is 20.2 Å². The molecule has 1 heterocycles. The Hall–Kier alpha value is -2.84. The molecule has 4 aromatic rings. The molecule has 0 saturated heterocycles. The molecule has 0 atom stereocenters. The Balaban J connectivity index is 1.51. The first-order valence-electron chi connectivity index (χ1n) is 9.67. The topological polar surface area (TPSA) is 72.2 Å². The predicted molar refractivity (Wildman–Crippen MR) is 135 cm³/mol. The normalized spacial score (nSPS) is 11.1. The molecule has 0 radical (unpaired) electrons. The molecule has 0 spiro atoms. The van der Waals surface area contributed by atoms with Crippen LogP contribution in [0.5, 0.6) is 0 Å². The Bertz CT molecular complexity index is 1290. The summed E-state index contributed by atoms with van der Waals surface area (Å²) in [5.74, 6) is 0.437. The van der Waals surface area contributed by atoms with Crippen molar-refractivity contribution in [3.63, 3.8) is 0 Å². The number of benzene rings is 3. The van der Waals surface area contributed by atoms with Gasteiger partial charge < -0.3 is 0 Å². The molecule has 4 rings (SSSR count). The van der Waals surface area contributed by atoms with E-state index in [1.54, 1.807) is 36.4 Å². The molecule has 0 aliphatic carbocycles. The van der Waals surface area contributed by atoms with Crippen molar-refractivity contribution in [2.24, 2.45) is 5.10 Å². The molecule has 0 aliphatic heterocycles. The number of halogens is 3. The van der Waals surface area contributed by atoms with Gasteiger partial charge >= 0.3 is 0 Å². The van der Waals surface area contributed by atoms with Gasteiger partial charge in [0, 0.05) is 26.3 Å². The van der Waals surface area contributed by atoms with Crippen LogP contribution >= 0.6 is 46.6 Å². The van der Waals surface area contributed by atoms with Crippen LogP contribution in [0.15, 0.2) is 83.1 Å². The van der Waals surface area contributed by atoms with Crippen molar-refractivity contribution >= 4 is 58.7 Å². The Morgan fingerprint density at radius 1 is 0.939 bits per heavy atom. The number of rotatable bonds is 7. The monoisotopic (exact) mass is 515 g/mol. The summed E-state index contributed by atoms with van der Waals surface area (Å²) in [5, 5.41) is 15.0. The summed E-state index contributed by atoms with van der Waals surface area (Å²) in [6, 6.07) is 21.8. The van der Waals surface area contributed by atoms with Crippen molar-refractivity contribution in [2.45, 2.75) is 5.16 Å². The molecule has 1 amide bonds. The van der Waals surface area contributed by atoms with Gasteiger partial charge in [0.25, 0.3) is 5.91 Å². The Morgan fingerprint density at radius 2 is 1.64 bits per heavy atom. The van der Waals surface area contributed by atoms with Crippen molar-refractivity contribution in [3.05, 3.63) is 93.4 Å². The number of hydrogen-bond donors (Lipinski definition) is 1. The van der Waals surface area contributed by atoms with E-state index in [-0.39, 0.29) is 11.7 Å². The lowest BCUT2D eigenvalue weighted by atomic mass is 10.2. The molecule has 3 aromatic carbocycles. The van der Waals surface area contributed by atoms with Gasteiger partial charge in [0.1, 0.15) is 0 Å². The highest BCUT2D eigenvalue weighted by Gasteiger charge is 2.17. The summed E-state index contributed by atoms with van der Waals surface area (Å²) >= 11 is 19.3. The van der Waals surface area contributed by atoms with Crippen molar-refractivity contribution in [3.8, 4) is 17.1 Å². The van der Waals surface area contributed by atoms with E-state index in [9.17, 15) is 4.79 Å². The number of thioether (sulfide) groups is 1. The minimum absolute atomic E-state index is 0.0965. The first-order valence-corrected chi connectivity index (χ1v) is 11.8. The third kappa shape index (κ3) is 6.15. The fourth-order valence-corrected chi connectivity index (χ4v) is 4.10. The lowest BCUT2D eigenvalue weighted by Crippen LogP contribution is -2.20. The fraction of sp³-hybridized carbons (Fsp3) is 0.0435. The molecular formula is C23H16Cl3N5OS. The van der Waals surface area contributed by atoms with Gasteiger partial charge in [-0.3, -0.25) is 9.36 Å². The van der Waals surface area contributed by atoms with Crippen LogP contribution in [0, 0.1) is 0 Å². The number of carbonyl (C=O) groups is 1. The summed E-state index contributed by atoms with van der Waals surface area (Å²) in [4.78, 5) is 12.3. The highest BCUT2D eigenvalue weighted by Crippen LogP contribution is 2.29. The van der Waals surface area contributed by atoms with Gasteiger partial charge in [-0.15, -0.1) is 10.2 Å². The minimum Gasteiger partial charge on any atom is -0.272 e. The van der Waals surface area contributed by atoms with Crippen LogP contribution in [-0.2, 0) is 4.79 Å². The molecule has 0 unspecified atom stereocenters. The predicted octanol–water partition coefficient (Wildman–Crippen LogP) is 6.14. The number of carbonyl (C=O) groups excluding carboxylic acids is 1. The highest BCUT2D eigenvalue weighted by atomic mass is 35.5.